The highest BCUT2D eigenvalue weighted by atomic mass is 16.5. The second-order valence-electron chi connectivity index (χ2n) is 10.9. The minimum Gasteiger partial charge on any atom is -0.493 e. The van der Waals surface area contributed by atoms with Crippen molar-refractivity contribution >= 4 is 23.6 Å². The van der Waals surface area contributed by atoms with E-state index in [2.05, 4.69) is 10.6 Å². The Morgan fingerprint density at radius 3 is 2.49 bits per heavy atom. The zero-order chi connectivity index (χ0) is 30.5. The average molecular weight is 596 g/mol. The van der Waals surface area contributed by atoms with Crippen molar-refractivity contribution in [3.8, 4) is 23.0 Å². The molecule has 2 saturated heterocycles. The number of carbonyl (C=O) groups excluding carboxylic acids is 4. The van der Waals surface area contributed by atoms with E-state index in [1.165, 1.54) is 20.3 Å². The van der Waals surface area contributed by atoms with Gasteiger partial charge in [-0.2, -0.15) is 0 Å². The molecule has 6 rings (SSSR count). The highest BCUT2D eigenvalue weighted by Gasteiger charge is 2.39. The first-order valence-electron chi connectivity index (χ1n) is 14.3. The maximum atomic E-state index is 13.4. The van der Waals surface area contributed by atoms with Gasteiger partial charge in [0, 0.05) is 24.6 Å². The summed E-state index contributed by atoms with van der Waals surface area (Å²) in [4.78, 5) is 54.5. The molecule has 4 N–H and O–H groups in total. The summed E-state index contributed by atoms with van der Waals surface area (Å²) in [6.07, 6.45) is 0.678. The van der Waals surface area contributed by atoms with Gasteiger partial charge in [0.05, 0.1) is 33.4 Å². The molecule has 4 heterocycles. The van der Waals surface area contributed by atoms with Crippen molar-refractivity contribution in [2.24, 2.45) is 11.7 Å². The molecule has 13 nitrogen and oxygen atoms in total. The Hall–Kier alpha value is -4.52. The van der Waals surface area contributed by atoms with Crippen LogP contribution < -0.4 is 35.3 Å². The number of nitrogens with one attached hydrogen (secondary N) is 2. The number of ether oxygens (including phenoxy) is 4. The van der Waals surface area contributed by atoms with Gasteiger partial charge in [0.25, 0.3) is 11.8 Å². The van der Waals surface area contributed by atoms with Gasteiger partial charge in [-0.05, 0) is 61.8 Å². The van der Waals surface area contributed by atoms with Gasteiger partial charge in [0.2, 0.25) is 11.8 Å². The van der Waals surface area contributed by atoms with E-state index in [1.54, 1.807) is 29.2 Å². The second-order valence-corrected chi connectivity index (χ2v) is 10.9. The normalized spacial score (nSPS) is 21.5. The van der Waals surface area contributed by atoms with Gasteiger partial charge in [0.15, 0.2) is 29.6 Å². The summed E-state index contributed by atoms with van der Waals surface area (Å²) in [7, 11) is 2.99. The molecular weight excluding hydrogens is 558 g/mol. The summed E-state index contributed by atoms with van der Waals surface area (Å²) in [6.45, 7) is 1.87. The number of rotatable bonds is 5. The van der Waals surface area contributed by atoms with Gasteiger partial charge in [0.1, 0.15) is 6.10 Å². The van der Waals surface area contributed by atoms with Crippen LogP contribution in [0.1, 0.15) is 28.8 Å². The van der Waals surface area contributed by atoms with Crippen molar-refractivity contribution in [2.45, 2.75) is 31.5 Å². The fourth-order valence-corrected chi connectivity index (χ4v) is 5.56. The SMILES string of the molecule is COc1ccc2cc1OCC(=O)NCc1ccc(c(OC)c1)O[C@H]1CN(C(=O)CN3CCC(C(N)=O)CC3)C[C@@H]1NC2=O. The zero-order valence-electron chi connectivity index (χ0n) is 24.3. The number of hydrogen-bond donors (Lipinski definition) is 3. The van der Waals surface area contributed by atoms with Crippen LogP contribution in [0.3, 0.4) is 0 Å². The highest BCUT2D eigenvalue weighted by molar-refractivity contribution is 5.95. The van der Waals surface area contributed by atoms with Crippen LogP contribution in [0.25, 0.3) is 0 Å². The molecule has 4 aliphatic rings. The van der Waals surface area contributed by atoms with Crippen LogP contribution in [-0.2, 0) is 20.9 Å². The molecule has 2 aromatic carbocycles. The van der Waals surface area contributed by atoms with Crippen LogP contribution in [0.15, 0.2) is 36.4 Å². The summed E-state index contributed by atoms with van der Waals surface area (Å²) in [5.74, 6) is 0.221. The summed E-state index contributed by atoms with van der Waals surface area (Å²) in [6, 6.07) is 9.50. The number of benzene rings is 2. The Kier molecular flexibility index (Phi) is 9.19. The molecule has 0 spiro atoms. The number of hydrogen-bond acceptors (Lipinski definition) is 9. The van der Waals surface area contributed by atoms with Crippen molar-refractivity contribution in [2.75, 3.05) is 53.6 Å². The average Bonchev–Trinajstić information content (AvgIpc) is 3.41. The van der Waals surface area contributed by atoms with E-state index in [9.17, 15) is 19.2 Å². The number of nitrogens with two attached hydrogens (primary N) is 1. The summed E-state index contributed by atoms with van der Waals surface area (Å²) >= 11 is 0. The van der Waals surface area contributed by atoms with Gasteiger partial charge in [-0.15, -0.1) is 0 Å². The van der Waals surface area contributed by atoms with Crippen molar-refractivity contribution in [1.82, 2.24) is 20.4 Å². The Labute approximate surface area is 249 Å². The molecule has 0 unspecified atom stereocenters. The van der Waals surface area contributed by atoms with E-state index in [-0.39, 0.29) is 62.2 Å². The van der Waals surface area contributed by atoms with Gasteiger partial charge >= 0.3 is 0 Å². The number of carbonyl (C=O) groups is 4. The highest BCUT2D eigenvalue weighted by Crippen LogP contribution is 2.32. The predicted octanol–water partition coefficient (Wildman–Crippen LogP) is 0.298. The van der Waals surface area contributed by atoms with Crippen LogP contribution in [0.5, 0.6) is 23.0 Å². The number of primary amides is 1. The summed E-state index contributed by atoms with van der Waals surface area (Å²) in [5, 5.41) is 5.83. The Balaban J connectivity index is 1.38. The lowest BCUT2D eigenvalue weighted by Crippen LogP contribution is -2.46. The Morgan fingerprint density at radius 2 is 1.77 bits per heavy atom. The number of methoxy groups -OCH3 is 2. The smallest absolute Gasteiger partial charge is 0.258 e. The van der Waals surface area contributed by atoms with Crippen LogP contribution in [-0.4, -0.2) is 99.1 Å². The van der Waals surface area contributed by atoms with Gasteiger partial charge in [-0.3, -0.25) is 24.1 Å². The molecule has 2 aromatic rings. The third-order valence-corrected chi connectivity index (χ3v) is 8.06. The molecule has 2 atom stereocenters. The van der Waals surface area contributed by atoms with Crippen LogP contribution in [0, 0.1) is 5.92 Å². The maximum Gasteiger partial charge on any atom is 0.258 e. The number of piperidine rings is 1. The first-order chi connectivity index (χ1) is 20.7. The molecule has 4 aliphatic heterocycles. The molecule has 4 amide bonds. The van der Waals surface area contributed by atoms with Gasteiger partial charge in [-0.1, -0.05) is 6.07 Å². The quantitative estimate of drug-likeness (QED) is 0.441. The molecule has 4 bridgehead atoms. The molecule has 0 aromatic heterocycles. The van der Waals surface area contributed by atoms with Crippen LogP contribution in [0.2, 0.25) is 0 Å². The number of nitrogens with zero attached hydrogens (tertiary/aromatic N) is 2. The van der Waals surface area contributed by atoms with Crippen molar-refractivity contribution < 1.29 is 38.1 Å². The molecule has 2 fully saturated rings. The molecule has 0 aliphatic carbocycles. The summed E-state index contributed by atoms with van der Waals surface area (Å²) < 4.78 is 23.0. The number of amides is 4. The molecular formula is C30H37N5O8. The van der Waals surface area contributed by atoms with Crippen molar-refractivity contribution in [3.63, 3.8) is 0 Å². The third kappa shape index (κ3) is 7.11. The molecule has 43 heavy (non-hydrogen) atoms. The first-order valence-corrected chi connectivity index (χ1v) is 14.3. The van der Waals surface area contributed by atoms with E-state index in [0.29, 0.717) is 48.7 Å². The lowest BCUT2D eigenvalue weighted by Gasteiger charge is -2.31. The monoisotopic (exact) mass is 595 g/mol. The van der Waals surface area contributed by atoms with Gasteiger partial charge < -0.3 is 40.2 Å². The standard InChI is InChI=1S/C30H37N5O8/c1-40-22-6-4-20-12-25(22)42-17-27(36)32-13-18-3-5-23(24(11-18)41-2)43-26-15-35(14-21(26)33-30(20)39)28(37)16-34-9-7-19(8-10-34)29(31)38/h3-6,11-12,19,21,26H,7-10,13-17H2,1-2H3,(H2,31,38)(H,32,36)(H,33,39)/t21-,26-/m0/s1. The van der Waals surface area contributed by atoms with E-state index in [4.69, 9.17) is 24.7 Å². The molecule has 230 valence electrons. The topological polar surface area (TPSA) is 162 Å². The maximum absolute atomic E-state index is 13.4. The molecule has 0 saturated carbocycles. The van der Waals surface area contributed by atoms with Crippen molar-refractivity contribution in [1.29, 1.82) is 0 Å². The molecule has 0 radical (unpaired) electrons. The number of likely N-dealkylation sites (tertiary alicyclic amines) is 2. The van der Waals surface area contributed by atoms with E-state index >= 15 is 0 Å². The largest absolute Gasteiger partial charge is 0.493 e. The molecule has 13 heteroatoms. The first kappa shape index (κ1) is 30.0. The zero-order valence-corrected chi connectivity index (χ0v) is 24.3. The van der Waals surface area contributed by atoms with Crippen molar-refractivity contribution in [3.05, 3.63) is 47.5 Å². The minimum atomic E-state index is -0.572. The van der Waals surface area contributed by atoms with E-state index in [0.717, 1.165) is 5.56 Å². The Morgan fingerprint density at radius 1 is 1.00 bits per heavy atom. The fourth-order valence-electron chi connectivity index (χ4n) is 5.56. The summed E-state index contributed by atoms with van der Waals surface area (Å²) in [5.41, 5.74) is 6.53. The number of fused-ring (bicyclic) bond motifs is 7. The fraction of sp³-hybridized carbons (Fsp3) is 0.467. The second kappa shape index (κ2) is 13.2. The van der Waals surface area contributed by atoms with E-state index in [1.807, 2.05) is 11.0 Å². The van der Waals surface area contributed by atoms with Crippen LogP contribution >= 0.6 is 0 Å². The van der Waals surface area contributed by atoms with Crippen LogP contribution in [0.4, 0.5) is 0 Å². The third-order valence-electron chi connectivity index (χ3n) is 8.06. The Bertz CT molecular complexity index is 1380. The van der Waals surface area contributed by atoms with E-state index < -0.39 is 18.1 Å². The predicted molar refractivity (Wildman–Crippen MR) is 154 cm³/mol. The lowest BCUT2D eigenvalue weighted by molar-refractivity contribution is -0.132. The van der Waals surface area contributed by atoms with Gasteiger partial charge in [-0.25, -0.2) is 0 Å². The lowest BCUT2D eigenvalue weighted by atomic mass is 9.96. The minimum absolute atomic E-state index is 0.0943.